The number of aromatic nitrogens is 4. The monoisotopic (exact) mass is 520 g/mol. The molecule has 37 heavy (non-hydrogen) atoms. The number of nitrogens with zero attached hydrogens (tertiary/aromatic N) is 7. The fourth-order valence-corrected chi connectivity index (χ4v) is 4.30. The third-order valence-electron chi connectivity index (χ3n) is 6.40. The van der Waals surface area contributed by atoms with Crippen molar-refractivity contribution < 1.29 is 23.1 Å². The SMILES string of the molecule is CN1CC[C@@H](OC(=O)Nc2ccnc(N3CCC(F)(F)[C@@H](N(C)C(=O)Nc4cccnn4)C3)n2)[C@@H](N)C1. The molecule has 4 N–H and O–H groups in total. The van der Waals surface area contributed by atoms with Crippen molar-refractivity contribution in [2.24, 2.45) is 5.73 Å². The number of alkyl halides is 2. The number of likely N-dealkylation sites (tertiary alicyclic amines) is 1. The summed E-state index contributed by atoms with van der Waals surface area (Å²) in [5.41, 5.74) is 6.08. The summed E-state index contributed by atoms with van der Waals surface area (Å²) in [6, 6.07) is 2.01. The summed E-state index contributed by atoms with van der Waals surface area (Å²) in [5.74, 6) is -2.71. The number of likely N-dealkylation sites (N-methyl/N-ethyl adjacent to an activating group) is 2. The van der Waals surface area contributed by atoms with Gasteiger partial charge in [-0.3, -0.25) is 10.6 Å². The van der Waals surface area contributed by atoms with Crippen LogP contribution in [0.1, 0.15) is 12.8 Å². The molecular weight excluding hydrogens is 490 g/mol. The number of carbonyl (C=O) groups excluding carboxylic acids is 2. The molecule has 0 aliphatic carbocycles. The number of hydrogen-bond acceptors (Lipinski definition) is 10. The molecule has 4 rings (SSSR count). The van der Waals surface area contributed by atoms with E-state index in [0.717, 1.165) is 11.4 Å². The van der Waals surface area contributed by atoms with Crippen LogP contribution in [0.3, 0.4) is 0 Å². The Balaban J connectivity index is 1.39. The summed E-state index contributed by atoms with van der Waals surface area (Å²) in [7, 11) is 3.23. The third-order valence-corrected chi connectivity index (χ3v) is 6.40. The van der Waals surface area contributed by atoms with Crippen LogP contribution < -0.4 is 21.3 Å². The summed E-state index contributed by atoms with van der Waals surface area (Å²) in [4.78, 5) is 38.0. The van der Waals surface area contributed by atoms with Gasteiger partial charge in [0, 0.05) is 52.0 Å². The van der Waals surface area contributed by atoms with Gasteiger partial charge in [-0.1, -0.05) is 0 Å². The van der Waals surface area contributed by atoms with Crippen LogP contribution in [0.25, 0.3) is 0 Å². The second kappa shape index (κ2) is 11.1. The van der Waals surface area contributed by atoms with Crippen LogP contribution in [0.15, 0.2) is 30.6 Å². The number of anilines is 3. The fourth-order valence-electron chi connectivity index (χ4n) is 4.30. The van der Waals surface area contributed by atoms with Crippen LogP contribution >= 0.6 is 0 Å². The van der Waals surface area contributed by atoms with E-state index in [1.807, 2.05) is 7.05 Å². The smallest absolute Gasteiger partial charge is 0.413 e. The van der Waals surface area contributed by atoms with Crippen molar-refractivity contribution >= 4 is 29.7 Å². The molecule has 200 valence electrons. The Bertz CT molecular complexity index is 1100. The zero-order valence-electron chi connectivity index (χ0n) is 20.5. The van der Waals surface area contributed by atoms with Gasteiger partial charge in [0.2, 0.25) is 5.95 Å². The number of rotatable bonds is 5. The molecule has 2 aliphatic heterocycles. The third kappa shape index (κ3) is 6.54. The number of halogens is 2. The normalized spacial score (nSPS) is 23.7. The molecule has 3 amide bonds. The number of nitrogens with one attached hydrogen (secondary N) is 2. The van der Waals surface area contributed by atoms with Crippen molar-refractivity contribution in [3.05, 3.63) is 30.6 Å². The number of urea groups is 1. The Labute approximate surface area is 212 Å². The number of carbonyl (C=O) groups is 2. The summed E-state index contributed by atoms with van der Waals surface area (Å²) in [5, 5.41) is 12.4. The highest BCUT2D eigenvalue weighted by Gasteiger charge is 2.48. The fraction of sp³-hybridized carbons (Fsp3) is 0.545. The lowest BCUT2D eigenvalue weighted by molar-refractivity contribution is -0.0760. The molecule has 3 atom stereocenters. The van der Waals surface area contributed by atoms with Gasteiger partial charge in [0.1, 0.15) is 18.0 Å². The number of piperidine rings is 2. The minimum atomic E-state index is -3.14. The number of nitrogens with two attached hydrogens (primary N) is 1. The predicted molar refractivity (Wildman–Crippen MR) is 130 cm³/mol. The lowest BCUT2D eigenvalue weighted by Gasteiger charge is -2.42. The van der Waals surface area contributed by atoms with Crippen LogP contribution in [0.4, 0.5) is 36.0 Å². The van der Waals surface area contributed by atoms with E-state index in [1.54, 1.807) is 6.07 Å². The molecular formula is C22H30F2N10O3. The minimum absolute atomic E-state index is 0.0402. The van der Waals surface area contributed by atoms with Gasteiger partial charge in [-0.15, -0.1) is 5.10 Å². The largest absolute Gasteiger partial charge is 0.444 e. The van der Waals surface area contributed by atoms with Crippen LogP contribution in [0, 0.1) is 0 Å². The van der Waals surface area contributed by atoms with E-state index in [4.69, 9.17) is 10.5 Å². The molecule has 0 aromatic carbocycles. The Kier molecular flexibility index (Phi) is 7.92. The highest BCUT2D eigenvalue weighted by atomic mass is 19.3. The summed E-state index contributed by atoms with van der Waals surface area (Å²) >= 11 is 0. The van der Waals surface area contributed by atoms with E-state index in [0.29, 0.717) is 13.0 Å². The summed E-state index contributed by atoms with van der Waals surface area (Å²) in [6.07, 6.45) is 1.80. The van der Waals surface area contributed by atoms with Gasteiger partial charge < -0.3 is 25.2 Å². The minimum Gasteiger partial charge on any atom is -0.444 e. The van der Waals surface area contributed by atoms with Crippen molar-refractivity contribution in [2.75, 3.05) is 55.8 Å². The van der Waals surface area contributed by atoms with E-state index in [2.05, 4.69) is 35.7 Å². The summed E-state index contributed by atoms with van der Waals surface area (Å²) < 4.78 is 35.1. The lowest BCUT2D eigenvalue weighted by atomic mass is 10.00. The van der Waals surface area contributed by atoms with Gasteiger partial charge in [0.05, 0.1) is 6.04 Å². The topological polar surface area (TPSA) is 155 Å². The predicted octanol–water partition coefficient (Wildman–Crippen LogP) is 1.22. The van der Waals surface area contributed by atoms with Crippen molar-refractivity contribution in [3.8, 4) is 0 Å². The maximum atomic E-state index is 14.8. The van der Waals surface area contributed by atoms with Crippen LogP contribution in [0.5, 0.6) is 0 Å². The molecule has 0 spiro atoms. The van der Waals surface area contributed by atoms with Crippen LogP contribution in [0.2, 0.25) is 0 Å². The van der Waals surface area contributed by atoms with Gasteiger partial charge in [-0.25, -0.2) is 23.4 Å². The first-order valence-corrected chi connectivity index (χ1v) is 11.8. The average Bonchev–Trinajstić information content (AvgIpc) is 2.86. The Morgan fingerprint density at radius 2 is 2.00 bits per heavy atom. The molecule has 2 saturated heterocycles. The molecule has 0 bridgehead atoms. The molecule has 2 aromatic heterocycles. The number of ether oxygens (including phenoxy) is 1. The van der Waals surface area contributed by atoms with E-state index >= 15 is 0 Å². The van der Waals surface area contributed by atoms with Crippen LogP contribution in [-0.4, -0.2) is 106 Å². The van der Waals surface area contributed by atoms with Gasteiger partial charge in [-0.2, -0.15) is 10.1 Å². The van der Waals surface area contributed by atoms with Gasteiger partial charge >= 0.3 is 12.1 Å². The second-order valence-corrected chi connectivity index (χ2v) is 9.15. The zero-order chi connectivity index (χ0) is 26.6. The first-order chi connectivity index (χ1) is 17.6. The second-order valence-electron chi connectivity index (χ2n) is 9.15. The maximum absolute atomic E-state index is 14.8. The van der Waals surface area contributed by atoms with Gasteiger partial charge in [0.25, 0.3) is 5.92 Å². The molecule has 15 heteroatoms. The molecule has 0 radical (unpaired) electrons. The highest BCUT2D eigenvalue weighted by molar-refractivity contribution is 5.88. The van der Waals surface area contributed by atoms with Crippen molar-refractivity contribution in [2.45, 2.75) is 37.0 Å². The molecule has 0 saturated carbocycles. The maximum Gasteiger partial charge on any atom is 0.413 e. The first kappa shape index (κ1) is 26.3. The molecule has 0 unspecified atom stereocenters. The average molecular weight is 521 g/mol. The zero-order valence-corrected chi connectivity index (χ0v) is 20.5. The highest BCUT2D eigenvalue weighted by Crippen LogP contribution is 2.33. The van der Waals surface area contributed by atoms with Crippen molar-refractivity contribution in [1.82, 2.24) is 30.0 Å². The van der Waals surface area contributed by atoms with E-state index < -0.39 is 36.6 Å². The number of hydrogen-bond donors (Lipinski definition) is 3. The molecule has 2 fully saturated rings. The molecule has 2 aromatic rings. The summed E-state index contributed by atoms with van der Waals surface area (Å²) in [6.45, 7) is 1.11. The standard InChI is InChI=1S/C22H30F2N10O3/c1-32-10-6-15(14(25)12-32)37-21(36)30-17-5-9-26-19(28-17)34-11-7-22(23,24)16(13-34)33(2)20(35)29-18-4-3-8-27-31-18/h3-5,8-9,14-16H,6-7,10-13,25H2,1-2H3,(H,29,31,35)(H,26,28,30,36)/t14-,15+,16-/m0/s1. The van der Waals surface area contributed by atoms with E-state index in [-0.39, 0.29) is 36.7 Å². The lowest BCUT2D eigenvalue weighted by Crippen LogP contribution is -2.60. The van der Waals surface area contributed by atoms with Gasteiger partial charge in [0.15, 0.2) is 5.82 Å². The van der Waals surface area contributed by atoms with Crippen molar-refractivity contribution in [3.63, 3.8) is 0 Å². The molecule has 4 heterocycles. The molecule has 2 aliphatic rings. The number of amides is 3. The van der Waals surface area contributed by atoms with E-state index in [9.17, 15) is 18.4 Å². The molecule has 13 nitrogen and oxygen atoms in total. The van der Waals surface area contributed by atoms with E-state index in [1.165, 1.54) is 36.5 Å². The Morgan fingerprint density at radius 1 is 1.19 bits per heavy atom. The van der Waals surface area contributed by atoms with Gasteiger partial charge in [-0.05, 0) is 31.7 Å². The Morgan fingerprint density at radius 3 is 2.73 bits per heavy atom. The Hall–Kier alpha value is -3.72. The quantitative estimate of drug-likeness (QED) is 0.524. The van der Waals surface area contributed by atoms with Crippen LogP contribution in [-0.2, 0) is 4.74 Å². The first-order valence-electron chi connectivity index (χ1n) is 11.8. The van der Waals surface area contributed by atoms with Crippen molar-refractivity contribution in [1.29, 1.82) is 0 Å².